The Hall–Kier alpha value is 0.0997. The second-order valence-electron chi connectivity index (χ2n) is 8.81. The smallest absolute Gasteiger partial charge is 1.00 e. The number of carbonyl (C=O) groups is 1. The molecule has 0 aromatic heterocycles. The number of hydrogen-bond acceptors (Lipinski definition) is 3. The van der Waals surface area contributed by atoms with Gasteiger partial charge in [-0.3, -0.25) is 4.79 Å². The van der Waals surface area contributed by atoms with Gasteiger partial charge >= 0.3 is 43.7 Å². The van der Waals surface area contributed by atoms with Crippen LogP contribution >= 0.6 is 11.8 Å². The van der Waals surface area contributed by atoms with Crippen molar-refractivity contribution >= 4 is 55.5 Å². The van der Waals surface area contributed by atoms with Gasteiger partial charge in [-0.25, -0.2) is 0 Å². The number of aromatic hydroxyl groups is 1. The van der Waals surface area contributed by atoms with Crippen molar-refractivity contribution < 1.29 is 17.9 Å². The molecule has 146 valence electrons. The number of aliphatic carboxylic acids is 1. The molecule has 0 amide bonds. The average Bonchev–Trinajstić information content (AvgIpc) is 2.45. The molecule has 26 heavy (non-hydrogen) atoms. The average molecular weight is 409 g/mol. The van der Waals surface area contributed by atoms with Gasteiger partial charge in [0.05, 0.1) is 0 Å². The predicted molar refractivity (Wildman–Crippen MR) is 115 cm³/mol. The molecule has 0 fully saturated rings. The van der Waals surface area contributed by atoms with Crippen molar-refractivity contribution in [1.29, 1.82) is 0 Å². The molecule has 0 bridgehead atoms. The van der Waals surface area contributed by atoms with Gasteiger partial charge < -0.3 is 13.1 Å². The Bertz CT molecular complexity index is 576. The third kappa shape index (κ3) is 7.61. The molecular weight excluding hydrogens is 372 g/mol. The Morgan fingerprint density at radius 3 is 1.88 bits per heavy atom. The number of thioether (sulfide) groups is 1. The fraction of sp³-hybridized carbons (Fsp3) is 0.667. The first-order chi connectivity index (χ1) is 11.4. The van der Waals surface area contributed by atoms with Gasteiger partial charge in [-0.15, -0.1) is 11.8 Å². The van der Waals surface area contributed by atoms with Gasteiger partial charge in [-0.1, -0.05) is 67.7 Å². The van der Waals surface area contributed by atoms with Crippen molar-refractivity contribution in [2.24, 2.45) is 0 Å². The molecule has 0 radical (unpaired) electrons. The summed E-state index contributed by atoms with van der Waals surface area (Å²) in [5, 5.41) is 19.9. The van der Waals surface area contributed by atoms with E-state index in [1.54, 1.807) is 0 Å². The SMILES string of the molecule is CCCCCC(Sc1cc(C(C)(C)C)c(O)c(C(C)(C)C)c1)C(=O)O.[Ca+2].[H-].[H-]. The Kier molecular flexibility index (Phi) is 10.6. The van der Waals surface area contributed by atoms with E-state index in [9.17, 15) is 15.0 Å². The quantitative estimate of drug-likeness (QED) is 0.332. The van der Waals surface area contributed by atoms with Crippen molar-refractivity contribution in [3.63, 3.8) is 0 Å². The van der Waals surface area contributed by atoms with Crippen LogP contribution in [0.1, 0.15) is 88.1 Å². The second-order valence-corrected chi connectivity index (χ2v) is 10.1. The van der Waals surface area contributed by atoms with Gasteiger partial charge in [0.1, 0.15) is 11.0 Å². The minimum absolute atomic E-state index is 0. The van der Waals surface area contributed by atoms with E-state index >= 15 is 0 Å². The summed E-state index contributed by atoms with van der Waals surface area (Å²) in [4.78, 5) is 12.6. The molecule has 2 N–H and O–H groups in total. The topological polar surface area (TPSA) is 57.5 Å². The van der Waals surface area contributed by atoms with Crippen molar-refractivity contribution in [2.45, 2.75) is 95.1 Å². The number of rotatable bonds is 7. The van der Waals surface area contributed by atoms with Crippen LogP contribution in [0.2, 0.25) is 0 Å². The summed E-state index contributed by atoms with van der Waals surface area (Å²) in [6, 6.07) is 3.93. The van der Waals surface area contributed by atoms with Crippen molar-refractivity contribution in [1.82, 2.24) is 0 Å². The van der Waals surface area contributed by atoms with Crippen LogP contribution in [0.4, 0.5) is 0 Å². The molecule has 0 aliphatic rings. The van der Waals surface area contributed by atoms with Gasteiger partial charge in [0.2, 0.25) is 0 Å². The van der Waals surface area contributed by atoms with Gasteiger partial charge in [-0.05, 0) is 29.4 Å². The van der Waals surface area contributed by atoms with E-state index in [2.05, 4.69) is 48.5 Å². The van der Waals surface area contributed by atoms with Crippen LogP contribution in [0, 0.1) is 0 Å². The molecule has 1 aromatic rings. The summed E-state index contributed by atoms with van der Waals surface area (Å²) < 4.78 is 0. The Labute approximate surface area is 196 Å². The van der Waals surface area contributed by atoms with Crippen LogP contribution in [0.25, 0.3) is 0 Å². The summed E-state index contributed by atoms with van der Waals surface area (Å²) in [5.74, 6) is -0.425. The first kappa shape index (κ1) is 26.1. The second kappa shape index (κ2) is 10.6. The zero-order valence-corrected chi connectivity index (χ0v) is 20.5. The van der Waals surface area contributed by atoms with Gasteiger partial charge in [0.25, 0.3) is 0 Å². The minimum Gasteiger partial charge on any atom is -1.00 e. The third-order valence-corrected chi connectivity index (χ3v) is 5.55. The fourth-order valence-electron chi connectivity index (χ4n) is 2.80. The minimum atomic E-state index is -0.760. The summed E-state index contributed by atoms with van der Waals surface area (Å²) in [6.07, 6.45) is 3.74. The first-order valence-electron chi connectivity index (χ1n) is 9.15. The maximum absolute atomic E-state index is 11.7. The molecule has 1 unspecified atom stereocenters. The molecule has 1 atom stereocenters. The van der Waals surface area contributed by atoms with Crippen LogP contribution in [0.3, 0.4) is 0 Å². The van der Waals surface area contributed by atoms with Crippen molar-refractivity contribution in [2.75, 3.05) is 0 Å². The third-order valence-electron chi connectivity index (χ3n) is 4.32. The number of carboxylic acid groups (broad SMARTS) is 1. The molecule has 0 saturated heterocycles. The maximum Gasteiger partial charge on any atom is 2.00 e. The number of benzene rings is 1. The van der Waals surface area contributed by atoms with Crippen LogP contribution in [-0.2, 0) is 15.6 Å². The standard InChI is InChI=1S/C21H34O3S.Ca.2H/c1-8-9-10-11-17(19(23)24)25-14-12-15(20(2,3)4)18(22)16(13-14)21(5,6)7;;;/h12-13,17,22H,8-11H2,1-7H3,(H,23,24);;;/q;+2;2*-1. The van der Waals surface area contributed by atoms with E-state index in [0.29, 0.717) is 12.2 Å². The number of hydrogen-bond donors (Lipinski definition) is 2. The van der Waals surface area contributed by atoms with Crippen LogP contribution in [0.15, 0.2) is 17.0 Å². The number of unbranched alkanes of at least 4 members (excludes halogenated alkanes) is 2. The van der Waals surface area contributed by atoms with Crippen LogP contribution in [0.5, 0.6) is 5.75 Å². The van der Waals surface area contributed by atoms with E-state index in [1.807, 2.05) is 12.1 Å². The molecule has 3 nitrogen and oxygen atoms in total. The van der Waals surface area contributed by atoms with Crippen molar-refractivity contribution in [3.05, 3.63) is 23.3 Å². The number of carboxylic acids is 1. The van der Waals surface area contributed by atoms with Gasteiger partial charge in [0.15, 0.2) is 0 Å². The molecule has 0 spiro atoms. The molecule has 0 heterocycles. The molecule has 1 rings (SSSR count). The van der Waals surface area contributed by atoms with Gasteiger partial charge in [-0.2, -0.15) is 0 Å². The number of phenolic OH excluding ortho intramolecular Hbond substituents is 1. The van der Waals surface area contributed by atoms with Crippen LogP contribution < -0.4 is 0 Å². The van der Waals surface area contributed by atoms with Gasteiger partial charge in [0, 0.05) is 16.0 Å². The van der Waals surface area contributed by atoms with E-state index in [1.165, 1.54) is 11.8 Å². The molecule has 1 aromatic carbocycles. The zero-order chi connectivity index (χ0) is 19.4. The van der Waals surface area contributed by atoms with E-state index in [-0.39, 0.29) is 51.4 Å². The molecule has 0 saturated carbocycles. The van der Waals surface area contributed by atoms with E-state index in [4.69, 9.17) is 0 Å². The Balaban J connectivity index is -0.00000208. The molecular formula is C21H36CaO3S. The summed E-state index contributed by atoms with van der Waals surface area (Å²) in [5.41, 5.74) is 1.34. The Morgan fingerprint density at radius 2 is 1.54 bits per heavy atom. The van der Waals surface area contributed by atoms with Crippen molar-refractivity contribution in [3.8, 4) is 5.75 Å². The zero-order valence-electron chi connectivity index (χ0n) is 19.5. The largest absolute Gasteiger partial charge is 2.00 e. The molecule has 5 heteroatoms. The first-order valence-corrected chi connectivity index (χ1v) is 10.0. The molecule has 0 aliphatic heterocycles. The fourth-order valence-corrected chi connectivity index (χ4v) is 3.88. The normalized spacial score (nSPS) is 13.2. The monoisotopic (exact) mass is 408 g/mol. The van der Waals surface area contributed by atoms with E-state index < -0.39 is 11.2 Å². The Morgan fingerprint density at radius 1 is 1.08 bits per heavy atom. The van der Waals surface area contributed by atoms with Crippen LogP contribution in [-0.4, -0.2) is 59.2 Å². The summed E-state index contributed by atoms with van der Waals surface area (Å²) in [7, 11) is 0. The molecule has 0 aliphatic carbocycles. The number of phenols is 1. The summed E-state index contributed by atoms with van der Waals surface area (Å²) in [6.45, 7) is 14.5. The maximum atomic E-state index is 11.7. The summed E-state index contributed by atoms with van der Waals surface area (Å²) >= 11 is 1.41. The van der Waals surface area contributed by atoms with E-state index in [0.717, 1.165) is 35.3 Å². The predicted octanol–water partition coefficient (Wildman–Crippen LogP) is 5.96.